The summed E-state index contributed by atoms with van der Waals surface area (Å²) in [7, 11) is 0. The van der Waals surface area contributed by atoms with Crippen molar-refractivity contribution in [1.29, 1.82) is 0 Å². The molecule has 4 fully saturated rings. The van der Waals surface area contributed by atoms with Crippen molar-refractivity contribution in [3.05, 3.63) is 0 Å². The molecule has 174 valence electrons. The first kappa shape index (κ1) is 23.5. The number of hydrogen-bond donors (Lipinski definition) is 0. The molecule has 0 aromatic rings. The van der Waals surface area contributed by atoms with Gasteiger partial charge in [-0.05, 0) is 69.6 Å². The summed E-state index contributed by atoms with van der Waals surface area (Å²) in [6, 6.07) is 0. The third-order valence-electron chi connectivity index (χ3n) is 7.61. The van der Waals surface area contributed by atoms with Crippen LogP contribution >= 0.6 is 0 Å². The van der Waals surface area contributed by atoms with Crippen molar-refractivity contribution < 1.29 is 49.0 Å². The van der Waals surface area contributed by atoms with Crippen LogP contribution in [0.2, 0.25) is 0 Å². The SMILES string of the molecule is CCC(C)(C(=O)OC(C(F)(F)F)(C(F)(F)F)C12CC3CC(CC(C3)C1)C2)C(F)(F)F. The number of ether oxygens (including phenoxy) is 1. The van der Waals surface area contributed by atoms with E-state index < -0.39 is 66.6 Å². The van der Waals surface area contributed by atoms with Crippen LogP contribution in [0.25, 0.3) is 0 Å². The van der Waals surface area contributed by atoms with Gasteiger partial charge in [0.05, 0.1) is 0 Å². The fourth-order valence-corrected chi connectivity index (χ4v) is 6.24. The van der Waals surface area contributed by atoms with Crippen molar-refractivity contribution in [3.63, 3.8) is 0 Å². The number of halogens is 9. The molecule has 1 unspecified atom stereocenters. The summed E-state index contributed by atoms with van der Waals surface area (Å²) >= 11 is 0. The van der Waals surface area contributed by atoms with Crippen LogP contribution in [0.4, 0.5) is 39.5 Å². The highest BCUT2D eigenvalue weighted by molar-refractivity contribution is 5.78. The van der Waals surface area contributed by atoms with Gasteiger partial charge in [-0.3, -0.25) is 4.79 Å². The van der Waals surface area contributed by atoms with E-state index in [1.807, 2.05) is 0 Å². The molecule has 0 saturated heterocycles. The summed E-state index contributed by atoms with van der Waals surface area (Å²) in [6.45, 7) is 1.13. The van der Waals surface area contributed by atoms with Crippen LogP contribution in [0.3, 0.4) is 0 Å². The third-order valence-corrected chi connectivity index (χ3v) is 7.61. The predicted molar refractivity (Wildman–Crippen MR) is 86.0 cm³/mol. The Balaban J connectivity index is 2.16. The van der Waals surface area contributed by atoms with Crippen LogP contribution in [0.15, 0.2) is 0 Å². The molecule has 0 heterocycles. The second-order valence-electron chi connectivity index (χ2n) is 9.45. The lowest BCUT2D eigenvalue weighted by molar-refractivity contribution is -0.421. The third kappa shape index (κ3) is 3.12. The van der Waals surface area contributed by atoms with Gasteiger partial charge in [0.1, 0.15) is 0 Å². The Kier molecular flexibility index (Phi) is 5.22. The molecule has 0 aliphatic heterocycles. The molecule has 11 heteroatoms. The normalized spacial score (nSPS) is 34.0. The molecule has 4 saturated carbocycles. The van der Waals surface area contributed by atoms with Crippen LogP contribution in [-0.2, 0) is 9.53 Å². The molecule has 0 aromatic carbocycles. The molecule has 4 aliphatic carbocycles. The summed E-state index contributed by atoms with van der Waals surface area (Å²) in [5.74, 6) is -3.71. The minimum atomic E-state index is -6.12. The van der Waals surface area contributed by atoms with Crippen molar-refractivity contribution in [1.82, 2.24) is 0 Å². The number of esters is 1. The Bertz CT molecular complexity index is 642. The van der Waals surface area contributed by atoms with Gasteiger partial charge < -0.3 is 4.74 Å². The van der Waals surface area contributed by atoms with E-state index in [1.54, 1.807) is 0 Å². The number of alkyl halides is 9. The lowest BCUT2D eigenvalue weighted by Crippen LogP contribution is -2.73. The van der Waals surface area contributed by atoms with Crippen LogP contribution in [0.5, 0.6) is 0 Å². The van der Waals surface area contributed by atoms with Crippen LogP contribution in [0.1, 0.15) is 58.8 Å². The first-order chi connectivity index (χ1) is 13.4. The topological polar surface area (TPSA) is 26.3 Å². The maximum atomic E-state index is 14.3. The fraction of sp³-hybridized carbons (Fsp3) is 0.947. The van der Waals surface area contributed by atoms with Gasteiger partial charge in [-0.1, -0.05) is 6.92 Å². The second kappa shape index (κ2) is 6.67. The molecular weight excluding hydrogens is 431 g/mol. The van der Waals surface area contributed by atoms with Gasteiger partial charge >= 0.3 is 30.1 Å². The van der Waals surface area contributed by atoms with E-state index in [9.17, 15) is 44.3 Å². The predicted octanol–water partition coefficient (Wildman–Crippen LogP) is 6.59. The summed E-state index contributed by atoms with van der Waals surface area (Å²) in [5, 5.41) is 0. The highest BCUT2D eigenvalue weighted by Gasteiger charge is 2.84. The number of hydrogen-bond acceptors (Lipinski definition) is 2. The van der Waals surface area contributed by atoms with Gasteiger partial charge in [-0.15, -0.1) is 0 Å². The Morgan fingerprint density at radius 3 is 1.43 bits per heavy atom. The number of carbonyl (C=O) groups is 1. The maximum absolute atomic E-state index is 14.3. The zero-order valence-corrected chi connectivity index (χ0v) is 16.4. The molecule has 0 aromatic heterocycles. The van der Waals surface area contributed by atoms with Gasteiger partial charge in [-0.2, -0.15) is 39.5 Å². The molecular formula is C19H23F9O2. The Hall–Kier alpha value is -1.16. The summed E-state index contributed by atoms with van der Waals surface area (Å²) in [6.07, 6.45) is -18.6. The molecule has 0 amide bonds. The zero-order valence-electron chi connectivity index (χ0n) is 16.4. The Morgan fingerprint density at radius 1 is 0.800 bits per heavy atom. The Labute approximate surface area is 167 Å². The standard InChI is InChI=1S/C19H23F9O2/c1-3-14(2,17(20,21)22)13(29)30-16(18(23,24)25,19(26,27)28)15-7-10-4-11(8-15)6-12(5-10)9-15/h10-12H,3-9H2,1-2H3. The van der Waals surface area contributed by atoms with Crippen molar-refractivity contribution >= 4 is 5.97 Å². The van der Waals surface area contributed by atoms with Crippen molar-refractivity contribution in [2.75, 3.05) is 0 Å². The summed E-state index contributed by atoms with van der Waals surface area (Å²) < 4.78 is 130. The Morgan fingerprint density at radius 2 is 1.17 bits per heavy atom. The van der Waals surface area contributed by atoms with Gasteiger partial charge in [0.15, 0.2) is 5.41 Å². The zero-order chi connectivity index (χ0) is 23.0. The van der Waals surface area contributed by atoms with E-state index in [4.69, 9.17) is 0 Å². The number of rotatable bonds is 4. The lowest BCUT2D eigenvalue weighted by atomic mass is 9.45. The molecule has 0 spiro atoms. The van der Waals surface area contributed by atoms with Crippen molar-refractivity contribution in [3.8, 4) is 0 Å². The highest BCUT2D eigenvalue weighted by atomic mass is 19.4. The number of carbonyl (C=O) groups excluding carboxylic acids is 1. The molecule has 2 nitrogen and oxygen atoms in total. The van der Waals surface area contributed by atoms with Crippen molar-refractivity contribution in [2.24, 2.45) is 28.6 Å². The first-order valence-electron chi connectivity index (χ1n) is 9.86. The van der Waals surface area contributed by atoms with E-state index in [0.717, 1.165) is 6.92 Å². The lowest BCUT2D eigenvalue weighted by Gasteiger charge is -2.62. The van der Waals surface area contributed by atoms with Gasteiger partial charge in [0.25, 0.3) is 0 Å². The maximum Gasteiger partial charge on any atom is 0.438 e. The monoisotopic (exact) mass is 454 g/mol. The average Bonchev–Trinajstić information content (AvgIpc) is 2.53. The highest BCUT2D eigenvalue weighted by Crippen LogP contribution is 2.70. The molecule has 30 heavy (non-hydrogen) atoms. The largest absolute Gasteiger partial charge is 0.438 e. The molecule has 4 rings (SSSR count). The van der Waals surface area contributed by atoms with Gasteiger partial charge in [-0.25, -0.2) is 0 Å². The molecule has 4 aliphatic rings. The van der Waals surface area contributed by atoms with Gasteiger partial charge in [0.2, 0.25) is 0 Å². The molecule has 4 bridgehead atoms. The molecule has 0 radical (unpaired) electrons. The minimum absolute atomic E-state index is 0.270. The first-order valence-corrected chi connectivity index (χ1v) is 9.86. The van der Waals surface area contributed by atoms with Crippen LogP contribution in [0, 0.1) is 28.6 Å². The van der Waals surface area contributed by atoms with E-state index in [-0.39, 0.29) is 24.7 Å². The molecule has 1 atom stereocenters. The van der Waals surface area contributed by atoms with Crippen LogP contribution < -0.4 is 0 Å². The quantitative estimate of drug-likeness (QED) is 0.354. The van der Waals surface area contributed by atoms with E-state index >= 15 is 0 Å². The summed E-state index contributed by atoms with van der Waals surface area (Å²) in [4.78, 5) is 12.4. The van der Waals surface area contributed by atoms with E-state index in [0.29, 0.717) is 19.3 Å². The van der Waals surface area contributed by atoms with Gasteiger partial charge in [0, 0.05) is 5.41 Å². The average molecular weight is 454 g/mol. The smallest absolute Gasteiger partial charge is 0.438 e. The fourth-order valence-electron chi connectivity index (χ4n) is 6.24. The van der Waals surface area contributed by atoms with E-state index in [1.165, 1.54) is 0 Å². The van der Waals surface area contributed by atoms with Crippen molar-refractivity contribution in [2.45, 2.75) is 82.9 Å². The minimum Gasteiger partial charge on any atom is -0.438 e. The molecule has 0 N–H and O–H groups in total. The van der Waals surface area contributed by atoms with Crippen LogP contribution in [-0.4, -0.2) is 30.1 Å². The summed E-state index contributed by atoms with van der Waals surface area (Å²) in [5.41, 5.74) is -11.0. The van der Waals surface area contributed by atoms with E-state index in [2.05, 4.69) is 4.74 Å². The second-order valence-corrected chi connectivity index (χ2v) is 9.45.